The fraction of sp³-hybridized carbons (Fsp3) is 0.462. The molecule has 1 N–H and O–H groups in total. The van der Waals surface area contributed by atoms with Crippen molar-refractivity contribution >= 4 is 5.91 Å². The van der Waals surface area contributed by atoms with Crippen molar-refractivity contribution in [2.75, 3.05) is 6.61 Å². The minimum Gasteiger partial charge on any atom is -0.383 e. The molecule has 0 spiro atoms. The lowest BCUT2D eigenvalue weighted by Crippen LogP contribution is -2.40. The molecule has 0 saturated carbocycles. The molecule has 1 amide bonds. The number of aliphatic hydroxyl groups is 1. The van der Waals surface area contributed by atoms with Gasteiger partial charge in [-0.2, -0.15) is 0 Å². The van der Waals surface area contributed by atoms with Gasteiger partial charge < -0.3 is 5.11 Å². The Labute approximate surface area is 102 Å². The highest BCUT2D eigenvalue weighted by Gasteiger charge is 2.33. The highest BCUT2D eigenvalue weighted by atomic mass is 16.7. The molecule has 4 nitrogen and oxygen atoms in total. The van der Waals surface area contributed by atoms with Crippen LogP contribution in [0.15, 0.2) is 36.5 Å². The monoisotopic (exact) mass is 237 g/mol. The van der Waals surface area contributed by atoms with Crippen LogP contribution in [-0.4, -0.2) is 34.8 Å². The lowest BCUT2D eigenvalue weighted by Gasteiger charge is -2.23. The number of hydrogen-bond acceptors (Lipinski definition) is 3. The summed E-state index contributed by atoms with van der Waals surface area (Å²) < 4.78 is 0. The zero-order valence-electron chi connectivity index (χ0n) is 10.3. The van der Waals surface area contributed by atoms with E-state index in [1.807, 2.05) is 31.2 Å². The first-order valence-corrected chi connectivity index (χ1v) is 5.70. The first-order chi connectivity index (χ1) is 8.07. The van der Waals surface area contributed by atoms with Crippen LogP contribution in [0.25, 0.3) is 0 Å². The molecule has 1 aliphatic rings. The number of carbonyl (C=O) groups is 1. The van der Waals surface area contributed by atoms with Crippen LogP contribution < -0.4 is 0 Å². The Hall–Kier alpha value is -1.39. The van der Waals surface area contributed by atoms with Crippen LogP contribution in [0.1, 0.15) is 20.3 Å². The third-order valence-corrected chi connectivity index (χ3v) is 2.52. The maximum absolute atomic E-state index is 11.7. The van der Waals surface area contributed by atoms with Gasteiger partial charge in [0.1, 0.15) is 6.10 Å². The molecule has 94 valence electrons. The van der Waals surface area contributed by atoms with Crippen molar-refractivity contribution in [3.05, 3.63) is 36.5 Å². The molecule has 0 aromatic heterocycles. The van der Waals surface area contributed by atoms with Crippen LogP contribution in [0.5, 0.6) is 0 Å². The Kier molecular flexibility index (Phi) is 5.12. The number of nitrogens with zero attached hydrogens (tertiary/aromatic N) is 1. The summed E-state index contributed by atoms with van der Waals surface area (Å²) in [6.45, 7) is 7.75. The number of hydroxylamine groups is 2. The van der Waals surface area contributed by atoms with Crippen LogP contribution in [-0.2, 0) is 9.63 Å². The molecule has 1 saturated heterocycles. The van der Waals surface area contributed by atoms with Crippen LogP contribution in [0.3, 0.4) is 0 Å². The normalized spacial score (nSPS) is 22.5. The number of hydrogen-bond donors (Lipinski definition) is 1. The quantitative estimate of drug-likeness (QED) is 0.755. The van der Waals surface area contributed by atoms with Gasteiger partial charge >= 0.3 is 0 Å². The Balaban J connectivity index is 2.69. The summed E-state index contributed by atoms with van der Waals surface area (Å²) in [5.41, 5.74) is 0.801. The van der Waals surface area contributed by atoms with Crippen LogP contribution in [0.4, 0.5) is 0 Å². The topological polar surface area (TPSA) is 49.8 Å². The molecule has 1 fully saturated rings. The van der Waals surface area contributed by atoms with E-state index in [0.717, 1.165) is 5.57 Å². The van der Waals surface area contributed by atoms with Gasteiger partial charge in [-0.1, -0.05) is 30.9 Å². The average molecular weight is 237 g/mol. The second-order valence-electron chi connectivity index (χ2n) is 3.94. The summed E-state index contributed by atoms with van der Waals surface area (Å²) >= 11 is 0. The van der Waals surface area contributed by atoms with Crippen LogP contribution in [0.2, 0.25) is 0 Å². The summed E-state index contributed by atoms with van der Waals surface area (Å²) in [7, 11) is 0. The summed E-state index contributed by atoms with van der Waals surface area (Å²) in [5, 5.41) is 10.5. The number of carbonyl (C=O) groups excluding carboxylic acids is 1. The van der Waals surface area contributed by atoms with E-state index in [1.165, 1.54) is 12.0 Å². The van der Waals surface area contributed by atoms with Crippen molar-refractivity contribution in [2.45, 2.75) is 32.4 Å². The number of aliphatic hydroxyl groups excluding tert-OH is 1. The predicted octanol–water partition coefficient (Wildman–Crippen LogP) is 1.59. The van der Waals surface area contributed by atoms with E-state index in [9.17, 15) is 9.90 Å². The second-order valence-corrected chi connectivity index (χ2v) is 3.94. The van der Waals surface area contributed by atoms with Crippen LogP contribution in [0, 0.1) is 0 Å². The Morgan fingerprint density at radius 1 is 1.59 bits per heavy atom. The van der Waals surface area contributed by atoms with Crippen molar-refractivity contribution in [3.63, 3.8) is 0 Å². The van der Waals surface area contributed by atoms with Crippen molar-refractivity contribution in [1.29, 1.82) is 0 Å². The van der Waals surface area contributed by atoms with E-state index in [2.05, 4.69) is 6.58 Å². The van der Waals surface area contributed by atoms with E-state index in [0.29, 0.717) is 13.0 Å². The molecule has 1 aliphatic heterocycles. The molecule has 0 radical (unpaired) electrons. The molecule has 1 heterocycles. The molecule has 4 heteroatoms. The summed E-state index contributed by atoms with van der Waals surface area (Å²) in [6, 6.07) is -0.182. The Morgan fingerprint density at radius 2 is 2.29 bits per heavy atom. The fourth-order valence-electron chi connectivity index (χ4n) is 1.61. The maximum atomic E-state index is 11.7. The van der Waals surface area contributed by atoms with Crippen molar-refractivity contribution < 1.29 is 14.7 Å². The van der Waals surface area contributed by atoms with Gasteiger partial charge in [-0.15, -0.1) is 0 Å². The first-order valence-electron chi connectivity index (χ1n) is 5.70. The average Bonchev–Trinajstić information content (AvgIpc) is 2.76. The van der Waals surface area contributed by atoms with Gasteiger partial charge in [-0.25, -0.2) is 5.06 Å². The third kappa shape index (κ3) is 3.54. The summed E-state index contributed by atoms with van der Waals surface area (Å²) in [4.78, 5) is 16.9. The number of allylic oxidation sites excluding steroid dienone is 3. The summed E-state index contributed by atoms with van der Waals surface area (Å²) in [6.07, 6.45) is 7.17. The van der Waals surface area contributed by atoms with Gasteiger partial charge in [0.15, 0.2) is 0 Å². The van der Waals surface area contributed by atoms with Crippen LogP contribution >= 0.6 is 0 Å². The van der Waals surface area contributed by atoms with E-state index in [1.54, 1.807) is 0 Å². The zero-order chi connectivity index (χ0) is 12.8. The molecule has 0 aromatic rings. The SMILES string of the molecule is C=C(/C=C\C=C/C)[C@@H]1CCON1C(=O)[C@@H](C)O. The first kappa shape index (κ1) is 13.7. The molecule has 2 atom stereocenters. The van der Waals surface area contributed by atoms with Gasteiger partial charge in [0, 0.05) is 6.42 Å². The minimum atomic E-state index is -1.05. The standard InChI is InChI=1S/C13H19NO3/c1-4-5-6-7-10(2)12-8-9-17-14(12)13(16)11(3)15/h4-7,11-12,15H,2,8-9H2,1,3H3/b5-4-,7-6-/t11-,12+/m1/s1. The molecule has 1 rings (SSSR count). The smallest absolute Gasteiger partial charge is 0.275 e. The molecular weight excluding hydrogens is 218 g/mol. The highest BCUT2D eigenvalue weighted by molar-refractivity contribution is 5.80. The van der Waals surface area contributed by atoms with Gasteiger partial charge in [-0.05, 0) is 19.4 Å². The predicted molar refractivity (Wildman–Crippen MR) is 66.0 cm³/mol. The van der Waals surface area contributed by atoms with E-state index >= 15 is 0 Å². The summed E-state index contributed by atoms with van der Waals surface area (Å²) in [5.74, 6) is -0.423. The molecule has 17 heavy (non-hydrogen) atoms. The Bertz CT molecular complexity index is 345. The lowest BCUT2D eigenvalue weighted by molar-refractivity contribution is -0.182. The van der Waals surface area contributed by atoms with Crippen molar-refractivity contribution in [1.82, 2.24) is 5.06 Å². The third-order valence-electron chi connectivity index (χ3n) is 2.52. The largest absolute Gasteiger partial charge is 0.383 e. The Morgan fingerprint density at radius 3 is 2.88 bits per heavy atom. The molecule has 0 aliphatic carbocycles. The van der Waals surface area contributed by atoms with Gasteiger partial charge in [-0.3, -0.25) is 9.63 Å². The second kappa shape index (κ2) is 6.37. The van der Waals surface area contributed by atoms with Gasteiger partial charge in [0.25, 0.3) is 5.91 Å². The highest BCUT2D eigenvalue weighted by Crippen LogP contribution is 2.22. The fourth-order valence-corrected chi connectivity index (χ4v) is 1.61. The zero-order valence-corrected chi connectivity index (χ0v) is 10.3. The van der Waals surface area contributed by atoms with Crippen molar-refractivity contribution in [3.8, 4) is 0 Å². The lowest BCUT2D eigenvalue weighted by atomic mass is 10.1. The van der Waals surface area contributed by atoms with Gasteiger partial charge in [0.2, 0.25) is 0 Å². The van der Waals surface area contributed by atoms with Gasteiger partial charge in [0.05, 0.1) is 12.6 Å². The van der Waals surface area contributed by atoms with Crippen molar-refractivity contribution in [2.24, 2.45) is 0 Å². The van der Waals surface area contributed by atoms with E-state index < -0.39 is 12.0 Å². The maximum Gasteiger partial charge on any atom is 0.275 e. The number of rotatable bonds is 4. The van der Waals surface area contributed by atoms with E-state index in [4.69, 9.17) is 4.84 Å². The number of amides is 1. The van der Waals surface area contributed by atoms with E-state index in [-0.39, 0.29) is 6.04 Å². The molecular formula is C13H19NO3. The minimum absolute atomic E-state index is 0.182. The molecule has 0 bridgehead atoms. The molecule has 0 unspecified atom stereocenters. The molecule has 0 aromatic carbocycles.